The molecule has 4 N–H and O–H groups in total. The van der Waals surface area contributed by atoms with Crippen molar-refractivity contribution in [3.05, 3.63) is 60.8 Å². The molecule has 0 radical (unpaired) electrons. The van der Waals surface area contributed by atoms with E-state index in [1.54, 1.807) is 0 Å². The lowest BCUT2D eigenvalue weighted by Crippen LogP contribution is -2.34. The van der Waals surface area contributed by atoms with Crippen LogP contribution in [0.5, 0.6) is 0 Å². The Hall–Kier alpha value is -2.62. The number of nitrogens with two attached hydrogens (primary N) is 1. The summed E-state index contributed by atoms with van der Waals surface area (Å²) in [6.07, 6.45) is 42.6. The minimum atomic E-state index is -2.47. The second-order valence-corrected chi connectivity index (χ2v) is 14.2. The van der Waals surface area contributed by atoms with Crippen molar-refractivity contribution in [2.75, 3.05) is 19.8 Å². The van der Waals surface area contributed by atoms with E-state index in [0.717, 1.165) is 51.4 Å². The molecule has 0 aromatic carbocycles. The second kappa shape index (κ2) is 39.1. The molecule has 0 amide bonds. The van der Waals surface area contributed by atoms with Crippen LogP contribution in [-0.2, 0) is 32.9 Å². The first-order valence-corrected chi connectivity index (χ1v) is 21.3. The third-order valence-electron chi connectivity index (χ3n) is 8.17. The molecule has 3 atom stereocenters. The Morgan fingerprint density at radius 1 is 0.585 bits per heavy atom. The van der Waals surface area contributed by atoms with Crippen LogP contribution < -0.4 is 5.73 Å². The highest BCUT2D eigenvalue weighted by molar-refractivity contribution is 7.40. The van der Waals surface area contributed by atoms with Crippen LogP contribution in [0.4, 0.5) is 0 Å². The van der Waals surface area contributed by atoms with E-state index in [2.05, 4.69) is 68.5 Å². The van der Waals surface area contributed by atoms with Crippen LogP contribution in [0.1, 0.15) is 155 Å². The number of ether oxygens (including phenoxy) is 2. The Morgan fingerprint density at radius 3 is 1.55 bits per heavy atom. The number of carbonyl (C=O) groups excluding carboxylic acids is 2. The number of carboxylic acids is 1. The minimum absolute atomic E-state index is 0.162. The van der Waals surface area contributed by atoms with E-state index in [4.69, 9.17) is 29.4 Å². The van der Waals surface area contributed by atoms with Gasteiger partial charge in [0.15, 0.2) is 6.10 Å². The highest BCUT2D eigenvalue weighted by Gasteiger charge is 2.21. The van der Waals surface area contributed by atoms with Crippen molar-refractivity contribution < 1.29 is 42.9 Å². The molecule has 0 saturated carbocycles. The number of unbranched alkanes of at least 4 members (excludes halogenated alkanes) is 13. The quantitative estimate of drug-likeness (QED) is 0.0241. The summed E-state index contributed by atoms with van der Waals surface area (Å²) >= 11 is 0. The molecule has 0 aromatic heterocycles. The topological polar surface area (TPSA) is 155 Å². The molecule has 10 nitrogen and oxygen atoms in total. The van der Waals surface area contributed by atoms with E-state index in [0.29, 0.717) is 12.8 Å². The van der Waals surface area contributed by atoms with E-state index in [1.165, 1.54) is 64.2 Å². The molecule has 53 heavy (non-hydrogen) atoms. The lowest BCUT2D eigenvalue weighted by Gasteiger charge is -2.20. The van der Waals surface area contributed by atoms with Gasteiger partial charge in [-0.1, -0.05) is 152 Å². The molecule has 0 fully saturated rings. The zero-order valence-corrected chi connectivity index (χ0v) is 33.8. The molecule has 0 bridgehead atoms. The maximum Gasteiger partial charge on any atom is 0.330 e. The summed E-state index contributed by atoms with van der Waals surface area (Å²) in [7, 11) is -2.47. The van der Waals surface area contributed by atoms with Gasteiger partial charge in [0.1, 0.15) is 12.6 Å². The summed E-state index contributed by atoms with van der Waals surface area (Å²) in [4.78, 5) is 45.8. The monoisotopic (exact) mass is 765 g/mol. The number of hydrogen-bond donors (Lipinski definition) is 3. The summed E-state index contributed by atoms with van der Waals surface area (Å²) in [5, 5.41) is 8.88. The van der Waals surface area contributed by atoms with Crippen molar-refractivity contribution in [2.45, 2.75) is 167 Å². The minimum Gasteiger partial charge on any atom is -0.480 e. The molecule has 0 aliphatic rings. The first-order chi connectivity index (χ1) is 25.8. The Morgan fingerprint density at radius 2 is 1.04 bits per heavy atom. The van der Waals surface area contributed by atoms with E-state index in [-0.39, 0.29) is 32.0 Å². The number of allylic oxidation sites excluding steroid dienone is 10. The lowest BCUT2D eigenvalue weighted by atomic mass is 10.0. The standard InChI is InChI=1S/C42H72NO9P/c1-3-5-7-9-11-13-15-17-18-19-20-22-24-26-28-30-32-34-41(45)52-38(36-50-53(48)51-37-39(43)42(46)47)35-49-40(44)33-31-29-27-25-23-21-16-14-12-10-8-6-4-2/h5,7,11,13,17-18,20,22,26,28,38-39,48H,3-4,6,8-10,12,14-16,19,21,23-25,27,29-37,43H2,1-2H3,(H,46,47)/b7-5-,13-11-,18-17-,22-20-,28-26-. The van der Waals surface area contributed by atoms with Gasteiger partial charge in [0.05, 0.1) is 13.2 Å². The molecule has 11 heteroatoms. The average Bonchev–Trinajstić information content (AvgIpc) is 3.14. The van der Waals surface area contributed by atoms with Crippen molar-refractivity contribution in [3.63, 3.8) is 0 Å². The number of carbonyl (C=O) groups is 3. The number of carboxylic acid groups (broad SMARTS) is 1. The summed E-state index contributed by atoms with van der Waals surface area (Å²) < 4.78 is 21.1. The van der Waals surface area contributed by atoms with E-state index >= 15 is 0 Å². The number of esters is 2. The largest absolute Gasteiger partial charge is 0.480 e. The predicted molar refractivity (Wildman–Crippen MR) is 216 cm³/mol. The van der Waals surface area contributed by atoms with Crippen molar-refractivity contribution >= 4 is 26.5 Å². The number of rotatable bonds is 37. The van der Waals surface area contributed by atoms with Gasteiger partial charge in [0, 0.05) is 12.8 Å². The smallest absolute Gasteiger partial charge is 0.330 e. The molecule has 0 aliphatic carbocycles. The maximum absolute atomic E-state index is 12.6. The van der Waals surface area contributed by atoms with Gasteiger partial charge in [0.25, 0.3) is 0 Å². The number of aliphatic carboxylic acids is 1. The third-order valence-corrected chi connectivity index (χ3v) is 8.91. The highest BCUT2D eigenvalue weighted by atomic mass is 31.2. The normalized spacial score (nSPS) is 13.9. The molecule has 0 spiro atoms. The van der Waals surface area contributed by atoms with Gasteiger partial charge in [0.2, 0.25) is 0 Å². The summed E-state index contributed by atoms with van der Waals surface area (Å²) in [6.45, 7) is 3.40. The van der Waals surface area contributed by atoms with Gasteiger partial charge in [-0.3, -0.25) is 14.4 Å². The molecule has 3 unspecified atom stereocenters. The van der Waals surface area contributed by atoms with Crippen molar-refractivity contribution in [1.82, 2.24) is 0 Å². The summed E-state index contributed by atoms with van der Waals surface area (Å²) in [6, 6.07) is -1.32. The Balaban J connectivity index is 4.40. The van der Waals surface area contributed by atoms with Gasteiger partial charge in [-0.25, -0.2) is 0 Å². The first kappa shape index (κ1) is 50.4. The highest BCUT2D eigenvalue weighted by Crippen LogP contribution is 2.33. The van der Waals surface area contributed by atoms with Gasteiger partial charge < -0.3 is 34.3 Å². The Kier molecular flexibility index (Phi) is 37.2. The first-order valence-electron chi connectivity index (χ1n) is 20.1. The SMILES string of the molecule is CC/C=C\C/C=C\C/C=C\C/C=C\C/C=C\CCCC(=O)OC(COC(=O)CCCCCCCCCCCCCCC)COP(O)OCC(N)C(=O)O. The third kappa shape index (κ3) is 37.5. The van der Waals surface area contributed by atoms with E-state index in [9.17, 15) is 19.3 Å². The maximum atomic E-state index is 12.6. The fourth-order valence-corrected chi connectivity index (χ4v) is 5.69. The fraction of sp³-hybridized carbons (Fsp3) is 0.690. The van der Waals surface area contributed by atoms with Crippen LogP contribution in [0, 0.1) is 0 Å². The Bertz CT molecular complexity index is 1040. The van der Waals surface area contributed by atoms with Gasteiger partial charge in [-0.05, 0) is 51.4 Å². The molecule has 0 heterocycles. The molecular weight excluding hydrogens is 693 g/mol. The predicted octanol–water partition coefficient (Wildman–Crippen LogP) is 10.5. The van der Waals surface area contributed by atoms with E-state index in [1.807, 2.05) is 6.08 Å². The van der Waals surface area contributed by atoms with Crippen LogP contribution in [-0.4, -0.2) is 59.9 Å². The van der Waals surface area contributed by atoms with Crippen LogP contribution >= 0.6 is 8.60 Å². The van der Waals surface area contributed by atoms with Crippen molar-refractivity contribution in [1.29, 1.82) is 0 Å². The van der Waals surface area contributed by atoms with Crippen LogP contribution in [0.15, 0.2) is 60.8 Å². The second-order valence-electron chi connectivity index (χ2n) is 13.2. The molecule has 0 saturated heterocycles. The van der Waals surface area contributed by atoms with Gasteiger partial charge >= 0.3 is 26.5 Å². The lowest BCUT2D eigenvalue weighted by molar-refractivity contribution is -0.161. The summed E-state index contributed by atoms with van der Waals surface area (Å²) in [5.74, 6) is -2.14. The molecule has 304 valence electrons. The average molecular weight is 766 g/mol. The van der Waals surface area contributed by atoms with Crippen LogP contribution in [0.25, 0.3) is 0 Å². The zero-order chi connectivity index (χ0) is 39.0. The van der Waals surface area contributed by atoms with Gasteiger partial charge in [-0.2, -0.15) is 0 Å². The Labute approximate surface area is 322 Å². The molecular formula is C42H72NO9P. The van der Waals surface area contributed by atoms with Crippen LogP contribution in [0.3, 0.4) is 0 Å². The van der Waals surface area contributed by atoms with E-state index < -0.39 is 39.3 Å². The fourth-order valence-electron chi connectivity index (χ4n) is 5.04. The van der Waals surface area contributed by atoms with Crippen molar-refractivity contribution in [3.8, 4) is 0 Å². The molecule has 0 rings (SSSR count). The zero-order valence-electron chi connectivity index (χ0n) is 32.9. The summed E-state index contributed by atoms with van der Waals surface area (Å²) in [5.41, 5.74) is 5.39. The molecule has 0 aliphatic heterocycles. The van der Waals surface area contributed by atoms with Crippen LogP contribution in [0.2, 0.25) is 0 Å². The number of hydrogen-bond acceptors (Lipinski definition) is 9. The van der Waals surface area contributed by atoms with Gasteiger partial charge in [-0.15, -0.1) is 0 Å². The van der Waals surface area contributed by atoms with Crippen molar-refractivity contribution in [2.24, 2.45) is 5.73 Å². The molecule has 0 aromatic rings.